The van der Waals surface area contributed by atoms with Gasteiger partial charge < -0.3 is 10.6 Å². The van der Waals surface area contributed by atoms with E-state index in [1.165, 1.54) is 43.2 Å². The van der Waals surface area contributed by atoms with Gasteiger partial charge in [-0.3, -0.25) is 0 Å². The SMILES string of the molecule is Clc1ccc(C2Cc3cnc(Nc4ccc(CCNC5CCCCC5)cc4)nc3-c3ccccc32)cc1Cl. The number of benzene rings is 3. The molecule has 2 N–H and O–H groups in total. The predicted octanol–water partition coefficient (Wildman–Crippen LogP) is 8.35. The van der Waals surface area contributed by atoms with Crippen LogP contribution in [0, 0.1) is 0 Å². The summed E-state index contributed by atoms with van der Waals surface area (Å²) in [5.74, 6) is 0.786. The van der Waals surface area contributed by atoms with Crippen LogP contribution in [0.25, 0.3) is 11.3 Å². The number of anilines is 2. The lowest BCUT2D eigenvalue weighted by molar-refractivity contribution is 0.375. The number of hydrogen-bond donors (Lipinski definition) is 2. The Morgan fingerprint density at radius 1 is 0.868 bits per heavy atom. The van der Waals surface area contributed by atoms with Crippen molar-refractivity contribution >= 4 is 34.8 Å². The summed E-state index contributed by atoms with van der Waals surface area (Å²) in [6, 6.07) is 23.7. The van der Waals surface area contributed by atoms with Crippen LogP contribution in [0.4, 0.5) is 11.6 Å². The van der Waals surface area contributed by atoms with Crippen LogP contribution in [0.5, 0.6) is 0 Å². The molecule has 2 aliphatic rings. The van der Waals surface area contributed by atoms with Crippen LogP contribution in [-0.2, 0) is 12.8 Å². The Kier molecular flexibility index (Phi) is 7.64. The van der Waals surface area contributed by atoms with Crippen molar-refractivity contribution in [3.8, 4) is 11.3 Å². The molecule has 0 aliphatic heterocycles. The number of rotatable bonds is 7. The third kappa shape index (κ3) is 5.58. The fraction of sp³-hybridized carbons (Fsp3) is 0.312. The lowest BCUT2D eigenvalue weighted by atomic mass is 9.78. The Morgan fingerprint density at radius 3 is 2.50 bits per heavy atom. The molecular weight excluding hydrogens is 511 g/mol. The van der Waals surface area contributed by atoms with E-state index in [0.29, 0.717) is 22.0 Å². The summed E-state index contributed by atoms with van der Waals surface area (Å²) in [7, 11) is 0. The van der Waals surface area contributed by atoms with E-state index in [9.17, 15) is 0 Å². The second-order valence-corrected chi connectivity index (χ2v) is 11.3. The summed E-state index contributed by atoms with van der Waals surface area (Å²) in [4.78, 5) is 9.62. The van der Waals surface area contributed by atoms with E-state index in [-0.39, 0.29) is 5.92 Å². The number of nitrogens with zero attached hydrogens (tertiary/aromatic N) is 2. The van der Waals surface area contributed by atoms with Crippen molar-refractivity contribution in [1.29, 1.82) is 0 Å². The van der Waals surface area contributed by atoms with Gasteiger partial charge in [0.2, 0.25) is 5.95 Å². The van der Waals surface area contributed by atoms with Gasteiger partial charge in [-0.05, 0) is 78.7 Å². The van der Waals surface area contributed by atoms with E-state index in [1.54, 1.807) is 0 Å². The standard InChI is InChI=1S/C32H32Cl2N4/c33-29-15-12-22(19-30(29)34)28-18-23-20-36-32(38-31(23)27-9-5-4-8-26(27)28)37-25-13-10-21(11-14-25)16-17-35-24-6-2-1-3-7-24/h4-5,8-15,19-20,24,28,35H,1-3,6-7,16-18H2,(H,36,37,38). The molecule has 1 aromatic heterocycles. The highest BCUT2D eigenvalue weighted by Gasteiger charge is 2.27. The number of nitrogens with one attached hydrogen (secondary N) is 2. The summed E-state index contributed by atoms with van der Waals surface area (Å²) in [5, 5.41) is 8.29. The van der Waals surface area contributed by atoms with Gasteiger partial charge in [-0.2, -0.15) is 0 Å². The molecule has 1 fully saturated rings. The summed E-state index contributed by atoms with van der Waals surface area (Å²) in [6.07, 6.45) is 10.6. The molecule has 194 valence electrons. The molecule has 1 atom stereocenters. The Labute approximate surface area is 234 Å². The highest BCUT2D eigenvalue weighted by Crippen LogP contribution is 2.43. The third-order valence-corrected chi connectivity index (χ3v) is 8.63. The van der Waals surface area contributed by atoms with E-state index in [2.05, 4.69) is 70.2 Å². The maximum Gasteiger partial charge on any atom is 0.227 e. The van der Waals surface area contributed by atoms with E-state index in [1.807, 2.05) is 18.3 Å². The maximum atomic E-state index is 6.36. The largest absolute Gasteiger partial charge is 0.324 e. The number of aromatic nitrogens is 2. The van der Waals surface area contributed by atoms with E-state index < -0.39 is 0 Å². The van der Waals surface area contributed by atoms with Crippen LogP contribution >= 0.6 is 23.2 Å². The zero-order valence-corrected chi connectivity index (χ0v) is 22.9. The Balaban J connectivity index is 1.16. The van der Waals surface area contributed by atoms with E-state index in [4.69, 9.17) is 28.2 Å². The number of halogens is 2. The first kappa shape index (κ1) is 25.4. The highest BCUT2D eigenvalue weighted by atomic mass is 35.5. The minimum atomic E-state index is 0.177. The molecular formula is C32H32Cl2N4. The summed E-state index contributed by atoms with van der Waals surface area (Å²) in [5.41, 5.74) is 7.98. The summed E-state index contributed by atoms with van der Waals surface area (Å²) in [6.45, 7) is 1.04. The molecule has 0 bridgehead atoms. The fourth-order valence-electron chi connectivity index (χ4n) is 5.83. The second-order valence-electron chi connectivity index (χ2n) is 10.4. The molecule has 0 saturated heterocycles. The minimum Gasteiger partial charge on any atom is -0.324 e. The van der Waals surface area contributed by atoms with Gasteiger partial charge in [0.25, 0.3) is 0 Å². The van der Waals surface area contributed by atoms with Crippen LogP contribution in [0.2, 0.25) is 10.0 Å². The molecule has 3 aromatic carbocycles. The minimum absolute atomic E-state index is 0.177. The van der Waals surface area contributed by atoms with Crippen molar-refractivity contribution in [3.05, 3.63) is 105 Å². The fourth-order valence-corrected chi connectivity index (χ4v) is 6.14. The molecule has 2 aliphatic carbocycles. The maximum absolute atomic E-state index is 6.36. The molecule has 1 heterocycles. The molecule has 1 saturated carbocycles. The van der Waals surface area contributed by atoms with Crippen LogP contribution < -0.4 is 10.6 Å². The topological polar surface area (TPSA) is 49.8 Å². The average molecular weight is 544 g/mol. The molecule has 0 amide bonds. The quantitative estimate of drug-likeness (QED) is 0.246. The highest BCUT2D eigenvalue weighted by molar-refractivity contribution is 6.42. The van der Waals surface area contributed by atoms with Gasteiger partial charge in [-0.15, -0.1) is 0 Å². The zero-order valence-electron chi connectivity index (χ0n) is 21.4. The lowest BCUT2D eigenvalue weighted by Gasteiger charge is -2.27. The number of fused-ring (bicyclic) bond motifs is 3. The van der Waals surface area contributed by atoms with Gasteiger partial charge in [0.1, 0.15) is 0 Å². The van der Waals surface area contributed by atoms with E-state index in [0.717, 1.165) is 47.5 Å². The molecule has 4 nitrogen and oxygen atoms in total. The van der Waals surface area contributed by atoms with Crippen LogP contribution in [-0.4, -0.2) is 22.6 Å². The van der Waals surface area contributed by atoms with Gasteiger partial charge in [0.05, 0.1) is 15.7 Å². The molecule has 6 heteroatoms. The van der Waals surface area contributed by atoms with Crippen LogP contribution in [0.3, 0.4) is 0 Å². The molecule has 0 spiro atoms. The Morgan fingerprint density at radius 2 is 1.68 bits per heavy atom. The molecule has 4 aromatic rings. The van der Waals surface area contributed by atoms with Crippen molar-refractivity contribution in [3.63, 3.8) is 0 Å². The first-order valence-electron chi connectivity index (χ1n) is 13.6. The van der Waals surface area contributed by atoms with Crippen molar-refractivity contribution in [2.75, 3.05) is 11.9 Å². The summed E-state index contributed by atoms with van der Waals surface area (Å²) < 4.78 is 0. The molecule has 0 radical (unpaired) electrons. The van der Waals surface area contributed by atoms with Gasteiger partial charge in [-0.25, -0.2) is 9.97 Å². The average Bonchev–Trinajstić information content (AvgIpc) is 2.96. The Bertz CT molecular complexity index is 1410. The molecule has 38 heavy (non-hydrogen) atoms. The van der Waals surface area contributed by atoms with Gasteiger partial charge in [0, 0.05) is 29.4 Å². The zero-order chi connectivity index (χ0) is 25.9. The third-order valence-electron chi connectivity index (χ3n) is 7.89. The smallest absolute Gasteiger partial charge is 0.227 e. The predicted molar refractivity (Wildman–Crippen MR) is 158 cm³/mol. The van der Waals surface area contributed by atoms with Gasteiger partial charge in [0.15, 0.2) is 0 Å². The molecule has 6 rings (SSSR count). The normalized spacial score (nSPS) is 17.1. The second kappa shape index (κ2) is 11.4. The Hall–Kier alpha value is -2.92. The monoisotopic (exact) mass is 542 g/mol. The van der Waals surface area contributed by atoms with Crippen molar-refractivity contribution in [1.82, 2.24) is 15.3 Å². The van der Waals surface area contributed by atoms with E-state index >= 15 is 0 Å². The van der Waals surface area contributed by atoms with Gasteiger partial charge >= 0.3 is 0 Å². The molecule has 1 unspecified atom stereocenters. The van der Waals surface area contributed by atoms with Crippen LogP contribution in [0.1, 0.15) is 60.3 Å². The van der Waals surface area contributed by atoms with Crippen molar-refractivity contribution < 1.29 is 0 Å². The number of hydrogen-bond acceptors (Lipinski definition) is 4. The van der Waals surface area contributed by atoms with Crippen LogP contribution in [0.15, 0.2) is 72.9 Å². The first-order valence-corrected chi connectivity index (χ1v) is 14.4. The van der Waals surface area contributed by atoms with Crippen molar-refractivity contribution in [2.24, 2.45) is 0 Å². The first-order chi connectivity index (χ1) is 18.6. The summed E-state index contributed by atoms with van der Waals surface area (Å²) >= 11 is 12.5. The lowest BCUT2D eigenvalue weighted by Crippen LogP contribution is -2.32. The van der Waals surface area contributed by atoms with Crippen molar-refractivity contribution in [2.45, 2.75) is 56.9 Å². The van der Waals surface area contributed by atoms with Gasteiger partial charge in [-0.1, -0.05) is 84.9 Å².